The molecular weight excluding hydrogens is 228 g/mol. The molecule has 0 atom stereocenters. The predicted octanol–water partition coefficient (Wildman–Crippen LogP) is 7.05. The molecule has 0 rings (SSSR count). The van der Waals surface area contributed by atoms with Crippen LogP contribution in [0.3, 0.4) is 0 Å². The zero-order chi connectivity index (χ0) is 16.3. The van der Waals surface area contributed by atoms with Crippen molar-refractivity contribution < 1.29 is 0 Å². The van der Waals surface area contributed by atoms with Crippen molar-refractivity contribution in [3.8, 4) is 0 Å². The van der Waals surface area contributed by atoms with Gasteiger partial charge < -0.3 is 0 Å². The van der Waals surface area contributed by atoms with Crippen LogP contribution in [-0.4, -0.2) is 0 Å². The van der Waals surface area contributed by atoms with Crippen LogP contribution in [0.4, 0.5) is 0 Å². The molecule has 110 valence electrons. The summed E-state index contributed by atoms with van der Waals surface area (Å²) in [7, 11) is 0. The van der Waals surface area contributed by atoms with E-state index in [4.69, 9.17) is 0 Å². The summed E-state index contributed by atoms with van der Waals surface area (Å²) in [4.78, 5) is 0. The van der Waals surface area contributed by atoms with Crippen LogP contribution in [0.2, 0.25) is 0 Å². The van der Waals surface area contributed by atoms with E-state index in [0.29, 0.717) is 0 Å². The summed E-state index contributed by atoms with van der Waals surface area (Å²) >= 11 is 0. The van der Waals surface area contributed by atoms with Crippen LogP contribution >= 0.6 is 0 Å². The van der Waals surface area contributed by atoms with Gasteiger partial charge in [-0.3, -0.25) is 0 Å². The lowest BCUT2D eigenvalue weighted by atomic mass is 10.0. The monoisotopic (exact) mass is 262 g/mol. The van der Waals surface area contributed by atoms with Crippen LogP contribution < -0.4 is 0 Å². The maximum Gasteiger partial charge on any atom is -0.0204 e. The maximum absolute atomic E-state index is 3.80. The summed E-state index contributed by atoms with van der Waals surface area (Å²) in [6.07, 6.45) is 9.77. The third kappa shape index (κ3) is 16.4. The Morgan fingerprint density at radius 3 is 1.58 bits per heavy atom. The highest BCUT2D eigenvalue weighted by atomic mass is 14.0. The highest BCUT2D eigenvalue weighted by Crippen LogP contribution is 2.16. The van der Waals surface area contributed by atoms with Gasteiger partial charge in [0.15, 0.2) is 0 Å². The third-order valence-electron chi connectivity index (χ3n) is 1.84. The molecule has 0 N–H and O–H groups in total. The van der Waals surface area contributed by atoms with Crippen LogP contribution in [0, 0.1) is 0 Å². The predicted molar refractivity (Wildman–Crippen MR) is 95.6 cm³/mol. The smallest absolute Gasteiger partial charge is 0.0204 e. The molecule has 0 bridgehead atoms. The van der Waals surface area contributed by atoms with Crippen molar-refractivity contribution in [3.05, 3.63) is 73.4 Å². The summed E-state index contributed by atoms with van der Waals surface area (Å²) in [5.74, 6) is 0. The zero-order valence-corrected chi connectivity index (χ0v) is 14.2. The lowest BCUT2D eigenvalue weighted by Crippen LogP contribution is -1.84. The molecule has 0 aromatic carbocycles. The Morgan fingerprint density at radius 2 is 1.32 bits per heavy atom. The Morgan fingerprint density at radius 1 is 0.895 bits per heavy atom. The molecular formula is C19H34. The van der Waals surface area contributed by atoms with Crippen LogP contribution in [0.25, 0.3) is 0 Å². The first kappa shape index (κ1) is 26.1. The Hall–Kier alpha value is -1.56. The summed E-state index contributed by atoms with van der Waals surface area (Å²) in [5, 5.41) is 0. The molecule has 0 aliphatic rings. The summed E-state index contributed by atoms with van der Waals surface area (Å²) < 4.78 is 0. The van der Waals surface area contributed by atoms with E-state index >= 15 is 0 Å². The van der Waals surface area contributed by atoms with Crippen LogP contribution in [0.5, 0.6) is 0 Å². The number of hydrogen-bond acceptors (Lipinski definition) is 0. The van der Waals surface area contributed by atoms with Gasteiger partial charge in [-0.25, -0.2) is 0 Å². The van der Waals surface area contributed by atoms with E-state index < -0.39 is 0 Å². The first-order chi connectivity index (χ1) is 9.17. The second kappa shape index (κ2) is 25.3. The van der Waals surface area contributed by atoms with Crippen molar-refractivity contribution in [2.45, 2.75) is 48.5 Å². The van der Waals surface area contributed by atoms with E-state index in [9.17, 15) is 0 Å². The topological polar surface area (TPSA) is 0 Å². The van der Waals surface area contributed by atoms with Crippen molar-refractivity contribution in [1.29, 1.82) is 0 Å². The van der Waals surface area contributed by atoms with Crippen molar-refractivity contribution >= 4 is 0 Å². The van der Waals surface area contributed by atoms with Crippen LogP contribution in [0.15, 0.2) is 73.4 Å². The van der Waals surface area contributed by atoms with Gasteiger partial charge in [0.1, 0.15) is 0 Å². The van der Waals surface area contributed by atoms with Gasteiger partial charge in [-0.1, -0.05) is 71.2 Å². The lowest BCUT2D eigenvalue weighted by Gasteiger charge is -2.04. The molecule has 0 aromatic heterocycles. The Balaban J connectivity index is -0.000000163. The standard InChI is InChI=1S/C13H18.2C2H6.C2H4/c1-6-9-11(4)13(8-3)12(5)10-7-2;3*1-2/h6-10H,1,3H2,2,4-5H3;2*1-2H3;1-2H2/b10-7-,11-9-,13-12-;;;. The normalized spacial score (nSPS) is 10.6. The average molecular weight is 262 g/mol. The number of hydrogen-bond donors (Lipinski definition) is 0. The van der Waals surface area contributed by atoms with Gasteiger partial charge in [-0.05, 0) is 37.5 Å². The van der Waals surface area contributed by atoms with Gasteiger partial charge >= 0.3 is 0 Å². The van der Waals surface area contributed by atoms with Crippen molar-refractivity contribution in [3.63, 3.8) is 0 Å². The molecule has 0 nitrogen and oxygen atoms in total. The van der Waals surface area contributed by atoms with E-state index in [1.165, 1.54) is 16.7 Å². The van der Waals surface area contributed by atoms with E-state index in [0.717, 1.165) is 0 Å². The molecule has 0 amide bonds. The molecule has 19 heavy (non-hydrogen) atoms. The van der Waals surface area contributed by atoms with Crippen molar-refractivity contribution in [2.75, 3.05) is 0 Å². The van der Waals surface area contributed by atoms with Gasteiger partial charge in [-0.15, -0.1) is 13.2 Å². The molecule has 0 fully saturated rings. The maximum atomic E-state index is 3.80. The third-order valence-corrected chi connectivity index (χ3v) is 1.84. The van der Waals surface area contributed by atoms with E-state index in [1.807, 2.05) is 52.8 Å². The van der Waals surface area contributed by atoms with Gasteiger partial charge in [0.2, 0.25) is 0 Å². The molecule has 0 heteroatoms. The first-order valence-electron chi connectivity index (χ1n) is 6.93. The quantitative estimate of drug-likeness (QED) is 0.376. The number of rotatable bonds is 4. The lowest BCUT2D eigenvalue weighted by molar-refractivity contribution is 1.34. The largest absolute Gasteiger partial charge is 0.106 e. The van der Waals surface area contributed by atoms with Gasteiger partial charge in [0.25, 0.3) is 0 Å². The Bertz CT molecular complexity index is 285. The molecule has 0 radical (unpaired) electrons. The fraction of sp³-hybridized carbons (Fsp3) is 0.368. The van der Waals surface area contributed by atoms with Gasteiger partial charge in [0.05, 0.1) is 0 Å². The van der Waals surface area contributed by atoms with E-state index in [-0.39, 0.29) is 0 Å². The molecule has 0 saturated heterocycles. The SMILES string of the molecule is C=C.C=C\C=C(C)/C(C=C)=C(C)\C=C/C.CC.CC. The Kier molecular flexibility index (Phi) is 34.8. The van der Waals surface area contributed by atoms with E-state index in [1.54, 1.807) is 6.08 Å². The molecule has 0 aliphatic heterocycles. The van der Waals surface area contributed by atoms with Crippen LogP contribution in [0.1, 0.15) is 48.5 Å². The summed E-state index contributed by atoms with van der Waals surface area (Å²) in [5.41, 5.74) is 3.60. The summed E-state index contributed by atoms with van der Waals surface area (Å²) in [6, 6.07) is 0. The minimum absolute atomic E-state index is 1.18. The molecule has 0 spiro atoms. The minimum Gasteiger partial charge on any atom is -0.106 e. The van der Waals surface area contributed by atoms with Gasteiger partial charge in [-0.2, -0.15) is 0 Å². The molecule has 0 unspecified atom stereocenters. The fourth-order valence-electron chi connectivity index (χ4n) is 1.24. The molecule has 0 aliphatic carbocycles. The van der Waals surface area contributed by atoms with Crippen molar-refractivity contribution in [2.24, 2.45) is 0 Å². The highest BCUT2D eigenvalue weighted by molar-refractivity contribution is 5.45. The molecule has 0 aromatic rings. The number of allylic oxidation sites excluding steroid dienone is 8. The summed E-state index contributed by atoms with van der Waals surface area (Å²) in [6.45, 7) is 27.6. The average Bonchev–Trinajstić information content (AvgIpc) is 2.47. The highest BCUT2D eigenvalue weighted by Gasteiger charge is 1.96. The van der Waals surface area contributed by atoms with E-state index in [2.05, 4.69) is 46.2 Å². The first-order valence-corrected chi connectivity index (χ1v) is 6.93. The second-order valence-corrected chi connectivity index (χ2v) is 2.89. The fourth-order valence-corrected chi connectivity index (χ4v) is 1.24. The molecule has 0 heterocycles. The molecule has 0 saturated carbocycles. The van der Waals surface area contributed by atoms with Crippen LogP contribution in [-0.2, 0) is 0 Å². The zero-order valence-electron chi connectivity index (χ0n) is 14.2. The van der Waals surface area contributed by atoms with Crippen molar-refractivity contribution in [1.82, 2.24) is 0 Å². The Labute approximate surface area is 122 Å². The van der Waals surface area contributed by atoms with Gasteiger partial charge in [0, 0.05) is 0 Å². The minimum atomic E-state index is 1.18. The second-order valence-electron chi connectivity index (χ2n) is 2.89.